The summed E-state index contributed by atoms with van der Waals surface area (Å²) in [5.41, 5.74) is 1.39. The predicted molar refractivity (Wildman–Crippen MR) is 140 cm³/mol. The summed E-state index contributed by atoms with van der Waals surface area (Å²) >= 11 is 15.1. The number of nitrogens with zero attached hydrogens (tertiary/aromatic N) is 3. The molecule has 4 heterocycles. The van der Waals surface area contributed by atoms with Crippen LogP contribution in [0.4, 0.5) is 5.82 Å². The normalized spacial score (nSPS) is 21.3. The quantitative estimate of drug-likeness (QED) is 0.661. The number of fused-ring (bicyclic) bond motifs is 1. The zero-order valence-electron chi connectivity index (χ0n) is 19.3. The molecule has 1 aromatic carbocycles. The van der Waals surface area contributed by atoms with Crippen LogP contribution in [0.25, 0.3) is 23.7 Å². The number of pyridine rings is 1. The minimum atomic E-state index is 0.182. The number of amidine groups is 1. The molecule has 1 N–H and O–H groups in total. The standard InChI is InChI=1S/C24H26Cl2N4O3S/c1-31-17-9-18(32-2)21(26)19(20(17)25)16-8-14-10-27-23(34-3)28-11-15(14)22(29-16)30-6-4-24(12-30)5-7-33-13-24/h8-11H,4-7,12-13H2,1-3H3,(H,27,28). The number of methoxy groups -OCH3 is 2. The van der Waals surface area contributed by atoms with Gasteiger partial charge in [0.2, 0.25) is 0 Å². The lowest BCUT2D eigenvalue weighted by molar-refractivity contribution is 0.160. The van der Waals surface area contributed by atoms with E-state index in [0.717, 1.165) is 60.6 Å². The number of ether oxygens (including phenoxy) is 3. The van der Waals surface area contributed by atoms with Gasteiger partial charge in [0.05, 0.1) is 36.6 Å². The minimum Gasteiger partial charge on any atom is -0.495 e. The van der Waals surface area contributed by atoms with Crippen molar-refractivity contribution >= 4 is 58.3 Å². The lowest BCUT2D eigenvalue weighted by atomic mass is 9.87. The van der Waals surface area contributed by atoms with Gasteiger partial charge in [-0.25, -0.2) is 9.98 Å². The zero-order chi connectivity index (χ0) is 23.9. The highest BCUT2D eigenvalue weighted by atomic mass is 35.5. The molecule has 0 radical (unpaired) electrons. The van der Waals surface area contributed by atoms with Gasteiger partial charge in [0, 0.05) is 59.6 Å². The smallest absolute Gasteiger partial charge is 0.164 e. The number of anilines is 1. The van der Waals surface area contributed by atoms with Crippen molar-refractivity contribution in [2.45, 2.75) is 12.8 Å². The molecule has 2 aromatic rings. The maximum atomic E-state index is 6.75. The van der Waals surface area contributed by atoms with Gasteiger partial charge in [-0.1, -0.05) is 35.0 Å². The Morgan fingerprint density at radius 2 is 1.91 bits per heavy atom. The summed E-state index contributed by atoms with van der Waals surface area (Å²) in [6.07, 6.45) is 7.97. The van der Waals surface area contributed by atoms with Gasteiger partial charge in [-0.05, 0) is 25.2 Å². The molecular weight excluding hydrogens is 495 g/mol. The fourth-order valence-electron chi connectivity index (χ4n) is 4.79. The molecule has 10 heteroatoms. The Morgan fingerprint density at radius 1 is 1.15 bits per heavy atom. The van der Waals surface area contributed by atoms with Gasteiger partial charge in [0.1, 0.15) is 17.3 Å². The van der Waals surface area contributed by atoms with E-state index in [1.807, 2.05) is 24.7 Å². The van der Waals surface area contributed by atoms with E-state index < -0.39 is 0 Å². The molecule has 1 atom stereocenters. The van der Waals surface area contributed by atoms with Crippen molar-refractivity contribution in [3.05, 3.63) is 32.6 Å². The molecule has 1 spiro atoms. The monoisotopic (exact) mass is 520 g/mol. The average molecular weight is 521 g/mol. The molecule has 2 fully saturated rings. The number of hydrogen-bond donors (Lipinski definition) is 1. The fraction of sp³-hybridized carbons (Fsp3) is 0.417. The van der Waals surface area contributed by atoms with Crippen molar-refractivity contribution in [2.75, 3.05) is 51.7 Å². The van der Waals surface area contributed by atoms with Crippen LogP contribution in [0.3, 0.4) is 0 Å². The summed E-state index contributed by atoms with van der Waals surface area (Å²) in [5, 5.41) is 6.79. The summed E-state index contributed by atoms with van der Waals surface area (Å²) in [5.74, 6) is 1.81. The number of nitrogens with one attached hydrogen (secondary N) is 1. The molecule has 1 unspecified atom stereocenters. The van der Waals surface area contributed by atoms with Crippen molar-refractivity contribution < 1.29 is 14.2 Å². The SMILES string of the molecule is COc1cc(OC)c(Cl)c(-c2cc3c(c(N4CCC5(CCOC5)C4)n2)=CNC(SC)=NC=3)c1Cl. The summed E-state index contributed by atoms with van der Waals surface area (Å²) in [7, 11) is 3.13. The molecule has 180 valence electrons. The van der Waals surface area contributed by atoms with Gasteiger partial charge >= 0.3 is 0 Å². The van der Waals surface area contributed by atoms with E-state index in [2.05, 4.69) is 15.2 Å². The van der Waals surface area contributed by atoms with E-state index in [1.165, 1.54) is 0 Å². The highest BCUT2D eigenvalue weighted by Crippen LogP contribution is 2.45. The van der Waals surface area contributed by atoms with Crippen LogP contribution in [-0.4, -0.2) is 56.9 Å². The van der Waals surface area contributed by atoms with Crippen molar-refractivity contribution in [1.82, 2.24) is 10.3 Å². The maximum absolute atomic E-state index is 6.75. The van der Waals surface area contributed by atoms with Crippen LogP contribution < -0.4 is 30.1 Å². The Hall–Kier alpha value is -2.13. The molecule has 0 saturated carbocycles. The van der Waals surface area contributed by atoms with Gasteiger partial charge in [-0.3, -0.25) is 0 Å². The van der Waals surface area contributed by atoms with E-state index in [0.29, 0.717) is 32.8 Å². The summed E-state index contributed by atoms with van der Waals surface area (Å²) in [6, 6.07) is 3.64. The van der Waals surface area contributed by atoms with Gasteiger partial charge in [0.15, 0.2) is 5.17 Å². The van der Waals surface area contributed by atoms with Crippen LogP contribution in [0, 0.1) is 5.41 Å². The number of thioether (sulfide) groups is 1. The van der Waals surface area contributed by atoms with E-state index in [1.54, 1.807) is 32.0 Å². The van der Waals surface area contributed by atoms with Gasteiger partial charge < -0.3 is 24.4 Å². The first-order valence-electron chi connectivity index (χ1n) is 11.0. The van der Waals surface area contributed by atoms with Crippen molar-refractivity contribution in [1.29, 1.82) is 0 Å². The Kier molecular flexibility index (Phi) is 6.59. The van der Waals surface area contributed by atoms with Crippen molar-refractivity contribution in [2.24, 2.45) is 10.4 Å². The van der Waals surface area contributed by atoms with Gasteiger partial charge in [-0.2, -0.15) is 0 Å². The fourth-order valence-corrected chi connectivity index (χ4v) is 5.82. The van der Waals surface area contributed by atoms with E-state index in [4.69, 9.17) is 42.4 Å². The Bertz CT molecular complexity index is 1250. The first-order chi connectivity index (χ1) is 16.5. The average Bonchev–Trinajstić information content (AvgIpc) is 3.43. The Morgan fingerprint density at radius 3 is 2.56 bits per heavy atom. The topological polar surface area (TPSA) is 68.2 Å². The van der Waals surface area contributed by atoms with Crippen LogP contribution in [-0.2, 0) is 4.74 Å². The summed E-state index contributed by atoms with van der Waals surface area (Å²) < 4.78 is 16.7. The number of aromatic nitrogens is 1. The molecule has 0 bridgehead atoms. The molecule has 3 aliphatic rings. The molecule has 0 amide bonds. The zero-order valence-corrected chi connectivity index (χ0v) is 21.6. The number of halogens is 2. The van der Waals surface area contributed by atoms with Crippen molar-refractivity contribution in [3.8, 4) is 22.8 Å². The highest BCUT2D eigenvalue weighted by molar-refractivity contribution is 8.13. The van der Waals surface area contributed by atoms with E-state index in [9.17, 15) is 0 Å². The first kappa shape index (κ1) is 23.6. The first-order valence-corrected chi connectivity index (χ1v) is 13.0. The van der Waals surface area contributed by atoms with Crippen LogP contribution in [0.5, 0.6) is 11.5 Å². The van der Waals surface area contributed by atoms with Crippen LogP contribution >= 0.6 is 35.0 Å². The Balaban J connectivity index is 1.72. The summed E-state index contributed by atoms with van der Waals surface area (Å²) in [4.78, 5) is 12.1. The third-order valence-corrected chi connectivity index (χ3v) is 8.04. The maximum Gasteiger partial charge on any atom is 0.164 e. The van der Waals surface area contributed by atoms with Gasteiger partial charge in [-0.15, -0.1) is 0 Å². The molecular formula is C24H26Cl2N4O3S. The number of rotatable bonds is 4. The second kappa shape index (κ2) is 9.49. The molecule has 7 nitrogen and oxygen atoms in total. The second-order valence-electron chi connectivity index (χ2n) is 8.65. The van der Waals surface area contributed by atoms with Gasteiger partial charge in [0.25, 0.3) is 0 Å². The third-order valence-electron chi connectivity index (χ3n) is 6.68. The van der Waals surface area contributed by atoms with Crippen LogP contribution in [0.15, 0.2) is 17.1 Å². The molecule has 1 aromatic heterocycles. The minimum absolute atomic E-state index is 0.182. The summed E-state index contributed by atoms with van der Waals surface area (Å²) in [6.45, 7) is 3.41. The predicted octanol–water partition coefficient (Wildman–Crippen LogP) is 3.49. The molecule has 2 saturated heterocycles. The van der Waals surface area contributed by atoms with Crippen molar-refractivity contribution in [3.63, 3.8) is 0 Å². The highest BCUT2D eigenvalue weighted by Gasteiger charge is 2.42. The lowest BCUT2D eigenvalue weighted by Crippen LogP contribution is -2.38. The number of benzene rings is 1. The van der Waals surface area contributed by atoms with E-state index in [-0.39, 0.29) is 5.41 Å². The van der Waals surface area contributed by atoms with Crippen LogP contribution in [0.2, 0.25) is 10.0 Å². The third kappa shape index (κ3) is 4.11. The largest absolute Gasteiger partial charge is 0.495 e. The lowest BCUT2D eigenvalue weighted by Gasteiger charge is -2.24. The van der Waals surface area contributed by atoms with E-state index >= 15 is 0 Å². The Labute approximate surface area is 212 Å². The molecule has 34 heavy (non-hydrogen) atoms. The number of aliphatic imine (C=N–C) groups is 1. The molecule has 3 aliphatic heterocycles. The number of hydrogen-bond acceptors (Lipinski definition) is 8. The second-order valence-corrected chi connectivity index (χ2v) is 10.2. The molecule has 0 aliphatic carbocycles. The molecule has 5 rings (SSSR count). The van der Waals surface area contributed by atoms with Crippen LogP contribution in [0.1, 0.15) is 12.8 Å².